The van der Waals surface area contributed by atoms with Crippen LogP contribution in [0.3, 0.4) is 0 Å². The minimum absolute atomic E-state index is 0.0529. The van der Waals surface area contributed by atoms with Crippen molar-refractivity contribution in [2.24, 2.45) is 0 Å². The minimum Gasteiger partial charge on any atom is -0.546 e. The molecule has 1 aliphatic carbocycles. The van der Waals surface area contributed by atoms with Gasteiger partial charge in [0, 0.05) is 5.56 Å². The van der Waals surface area contributed by atoms with Crippen molar-refractivity contribution in [2.75, 3.05) is 0 Å². The third kappa shape index (κ3) is 2.30. The molecule has 1 aliphatic rings. The second-order valence-electron chi connectivity index (χ2n) is 7.16. The van der Waals surface area contributed by atoms with Gasteiger partial charge in [0.05, 0.1) is 5.56 Å². The summed E-state index contributed by atoms with van der Waals surface area (Å²) in [5.74, 6) is 0.911. The predicted molar refractivity (Wildman–Crippen MR) is 93.5 cm³/mol. The molecule has 3 heteroatoms. The summed E-state index contributed by atoms with van der Waals surface area (Å²) in [6.45, 7) is 10.8. The zero-order chi connectivity index (χ0) is 16.1. The molecule has 114 valence electrons. The second kappa shape index (κ2) is 5.09. The normalized spacial score (nSPS) is 13.3. The van der Waals surface area contributed by atoms with Gasteiger partial charge in [-0.25, -0.2) is 0 Å². The van der Waals surface area contributed by atoms with Crippen LogP contribution in [0.1, 0.15) is 42.3 Å². The van der Waals surface area contributed by atoms with E-state index >= 15 is 0 Å². The molecular formula is C19H22O2Si. The highest BCUT2D eigenvalue weighted by molar-refractivity contribution is 6.49. The number of hydrogen-bond donors (Lipinski definition) is 0. The van der Waals surface area contributed by atoms with Crippen LogP contribution in [-0.4, -0.2) is 14.8 Å². The molecular weight excluding hydrogens is 288 g/mol. The highest BCUT2D eigenvalue weighted by Crippen LogP contribution is 2.45. The lowest BCUT2D eigenvalue weighted by Gasteiger charge is -2.26. The fraction of sp³-hybridized carbons (Fsp3) is 0.316. The molecule has 0 N–H and O–H groups in total. The summed E-state index contributed by atoms with van der Waals surface area (Å²) < 4.78 is 6.23. The van der Waals surface area contributed by atoms with Gasteiger partial charge in [-0.1, -0.05) is 57.2 Å². The molecule has 0 aliphatic heterocycles. The molecule has 0 amide bonds. The quantitative estimate of drug-likeness (QED) is 0.649. The molecule has 0 fully saturated rings. The Morgan fingerprint density at radius 1 is 0.909 bits per heavy atom. The molecule has 0 saturated heterocycles. The SMILES string of the molecule is C[SiH](C)Oc1c(C(C)(C)C)ccc2c1C(=O)c1ccccc1-2. The topological polar surface area (TPSA) is 26.3 Å². The molecule has 0 unspecified atom stereocenters. The van der Waals surface area contributed by atoms with Crippen molar-refractivity contribution < 1.29 is 9.22 Å². The van der Waals surface area contributed by atoms with E-state index in [0.717, 1.165) is 33.6 Å². The maximum Gasteiger partial charge on any atom is 0.229 e. The fourth-order valence-corrected chi connectivity index (χ4v) is 3.75. The highest BCUT2D eigenvalue weighted by atomic mass is 28.3. The number of carbonyl (C=O) groups is 1. The van der Waals surface area contributed by atoms with Crippen LogP contribution in [-0.2, 0) is 5.41 Å². The van der Waals surface area contributed by atoms with E-state index in [-0.39, 0.29) is 11.2 Å². The Kier molecular flexibility index (Phi) is 3.48. The van der Waals surface area contributed by atoms with Gasteiger partial charge in [0.1, 0.15) is 5.75 Å². The summed E-state index contributed by atoms with van der Waals surface area (Å²) in [5.41, 5.74) is 4.65. The lowest BCUT2D eigenvalue weighted by atomic mass is 9.84. The lowest BCUT2D eigenvalue weighted by Crippen LogP contribution is -2.20. The maximum atomic E-state index is 12.9. The van der Waals surface area contributed by atoms with E-state index in [0.29, 0.717) is 0 Å². The summed E-state index contributed by atoms with van der Waals surface area (Å²) >= 11 is 0. The first-order valence-corrected chi connectivity index (χ1v) is 10.6. The van der Waals surface area contributed by atoms with Crippen molar-refractivity contribution in [3.05, 3.63) is 53.1 Å². The van der Waals surface area contributed by atoms with Crippen LogP contribution >= 0.6 is 0 Å². The number of rotatable bonds is 2. The van der Waals surface area contributed by atoms with Gasteiger partial charge in [-0.2, -0.15) is 0 Å². The fourth-order valence-electron chi connectivity index (χ4n) is 3.03. The molecule has 0 aromatic heterocycles. The minimum atomic E-state index is -1.31. The third-order valence-electron chi connectivity index (χ3n) is 4.01. The van der Waals surface area contributed by atoms with E-state index in [1.54, 1.807) is 0 Å². The first-order valence-electron chi connectivity index (χ1n) is 7.79. The molecule has 0 bridgehead atoms. The Morgan fingerprint density at radius 2 is 1.55 bits per heavy atom. The monoisotopic (exact) mass is 310 g/mol. The maximum absolute atomic E-state index is 12.9. The molecule has 0 saturated carbocycles. The molecule has 2 aromatic carbocycles. The average molecular weight is 310 g/mol. The number of ketones is 1. The van der Waals surface area contributed by atoms with Gasteiger partial charge in [0.2, 0.25) is 9.04 Å². The van der Waals surface area contributed by atoms with Gasteiger partial charge in [-0.3, -0.25) is 4.79 Å². The van der Waals surface area contributed by atoms with E-state index in [1.165, 1.54) is 0 Å². The molecule has 2 aromatic rings. The Bertz CT molecular complexity index is 755. The Hall–Kier alpha value is -1.87. The molecule has 0 atom stereocenters. The van der Waals surface area contributed by atoms with Crippen molar-refractivity contribution in [1.82, 2.24) is 0 Å². The highest BCUT2D eigenvalue weighted by Gasteiger charge is 2.33. The standard InChI is InChI=1S/C19H22O2Si/c1-19(2,3)15-11-10-13-12-8-6-7-9-14(12)17(20)16(13)18(15)21-22(4)5/h6-11,22H,1-5H3. The number of fused-ring (bicyclic) bond motifs is 3. The molecule has 0 spiro atoms. The number of carbonyl (C=O) groups excluding carboxylic acids is 1. The van der Waals surface area contributed by atoms with Crippen LogP contribution in [0.2, 0.25) is 13.1 Å². The van der Waals surface area contributed by atoms with E-state index < -0.39 is 9.04 Å². The molecule has 22 heavy (non-hydrogen) atoms. The van der Waals surface area contributed by atoms with Crippen LogP contribution in [0.5, 0.6) is 5.75 Å². The molecule has 0 heterocycles. The molecule has 2 nitrogen and oxygen atoms in total. The lowest BCUT2D eigenvalue weighted by molar-refractivity contribution is 0.104. The van der Waals surface area contributed by atoms with Gasteiger partial charge in [0.15, 0.2) is 5.78 Å². The summed E-state index contributed by atoms with van der Waals surface area (Å²) in [6, 6.07) is 12.0. The summed E-state index contributed by atoms with van der Waals surface area (Å²) in [5, 5.41) is 0. The van der Waals surface area contributed by atoms with Gasteiger partial charge < -0.3 is 4.43 Å². The molecule has 0 radical (unpaired) electrons. The largest absolute Gasteiger partial charge is 0.546 e. The average Bonchev–Trinajstić information content (AvgIpc) is 2.72. The number of benzene rings is 2. The van der Waals surface area contributed by atoms with E-state index in [4.69, 9.17) is 4.43 Å². The summed E-state index contributed by atoms with van der Waals surface area (Å²) in [4.78, 5) is 12.9. The van der Waals surface area contributed by atoms with E-state index in [9.17, 15) is 4.79 Å². The van der Waals surface area contributed by atoms with E-state index in [2.05, 4.69) is 46.0 Å². The van der Waals surface area contributed by atoms with Crippen molar-refractivity contribution in [3.63, 3.8) is 0 Å². The predicted octanol–water partition coefficient (Wildman–Crippen LogP) is 4.56. The third-order valence-corrected chi connectivity index (χ3v) is 4.72. The summed E-state index contributed by atoms with van der Waals surface area (Å²) in [6.07, 6.45) is 0. The number of hydrogen-bond acceptors (Lipinski definition) is 2. The van der Waals surface area contributed by atoms with E-state index in [1.807, 2.05) is 24.3 Å². The molecule has 3 rings (SSSR count). The Labute approximate surface area is 133 Å². The van der Waals surface area contributed by atoms with Crippen molar-refractivity contribution >= 4 is 14.8 Å². The van der Waals surface area contributed by atoms with Crippen LogP contribution in [0.15, 0.2) is 36.4 Å². The first kappa shape index (κ1) is 15.0. The van der Waals surface area contributed by atoms with Crippen LogP contribution in [0.25, 0.3) is 11.1 Å². The Morgan fingerprint density at radius 3 is 2.14 bits per heavy atom. The summed E-state index contributed by atoms with van der Waals surface area (Å²) in [7, 11) is -1.31. The van der Waals surface area contributed by atoms with Gasteiger partial charge in [-0.15, -0.1) is 0 Å². The second-order valence-corrected chi connectivity index (χ2v) is 9.49. The van der Waals surface area contributed by atoms with Gasteiger partial charge >= 0.3 is 0 Å². The van der Waals surface area contributed by atoms with Crippen molar-refractivity contribution in [2.45, 2.75) is 39.3 Å². The van der Waals surface area contributed by atoms with Gasteiger partial charge in [-0.05, 0) is 35.2 Å². The van der Waals surface area contributed by atoms with Gasteiger partial charge in [0.25, 0.3) is 0 Å². The van der Waals surface area contributed by atoms with Crippen molar-refractivity contribution in [1.29, 1.82) is 0 Å². The zero-order valence-corrected chi connectivity index (χ0v) is 15.0. The van der Waals surface area contributed by atoms with Crippen molar-refractivity contribution in [3.8, 4) is 16.9 Å². The van der Waals surface area contributed by atoms with Crippen LogP contribution in [0.4, 0.5) is 0 Å². The smallest absolute Gasteiger partial charge is 0.229 e. The van der Waals surface area contributed by atoms with Crippen LogP contribution in [0, 0.1) is 0 Å². The first-order chi connectivity index (χ1) is 10.3. The zero-order valence-electron chi connectivity index (χ0n) is 13.9. The van der Waals surface area contributed by atoms with Crippen LogP contribution < -0.4 is 4.43 Å². The Balaban J connectivity index is 2.30.